The van der Waals surface area contributed by atoms with Crippen molar-refractivity contribution >= 4 is 44.8 Å². The summed E-state index contributed by atoms with van der Waals surface area (Å²) in [6, 6.07) is 2.29. The van der Waals surface area contributed by atoms with Crippen LogP contribution in [0.5, 0.6) is 0 Å². The summed E-state index contributed by atoms with van der Waals surface area (Å²) in [4.78, 5) is -0.179. The smallest absolute Gasteiger partial charge is 0.243 e. The minimum absolute atomic E-state index is 0.0214. The molecule has 0 bridgehead atoms. The fourth-order valence-corrected chi connectivity index (χ4v) is 4.24. The molecule has 0 fully saturated rings. The third kappa shape index (κ3) is 3.73. The highest BCUT2D eigenvalue weighted by Crippen LogP contribution is 2.32. The maximum atomic E-state index is 12.1. The fraction of sp³-hybridized carbons (Fsp3) is 0.400. The topological polar surface area (TPSA) is 72.2 Å². The molecule has 3 N–H and O–H groups in total. The van der Waals surface area contributed by atoms with Gasteiger partial charge in [0.2, 0.25) is 10.0 Å². The molecule has 0 saturated carbocycles. The summed E-state index contributed by atoms with van der Waals surface area (Å²) >= 11 is 17.5. The van der Waals surface area contributed by atoms with Gasteiger partial charge in [-0.1, -0.05) is 41.7 Å². The van der Waals surface area contributed by atoms with E-state index in [-0.39, 0.29) is 32.5 Å². The van der Waals surface area contributed by atoms with E-state index in [1.165, 1.54) is 12.1 Å². The van der Waals surface area contributed by atoms with Crippen molar-refractivity contribution in [1.29, 1.82) is 0 Å². The molecular formula is C10H13Cl3N2O2S. The molecule has 1 aromatic carbocycles. The van der Waals surface area contributed by atoms with Gasteiger partial charge in [0.1, 0.15) is 4.90 Å². The van der Waals surface area contributed by atoms with Crippen LogP contribution in [0.1, 0.15) is 13.3 Å². The zero-order chi connectivity index (χ0) is 13.9. The minimum Gasteiger partial charge on any atom is -0.329 e. The Morgan fingerprint density at radius 2 is 1.78 bits per heavy atom. The Morgan fingerprint density at radius 1 is 1.28 bits per heavy atom. The van der Waals surface area contributed by atoms with E-state index >= 15 is 0 Å². The van der Waals surface area contributed by atoms with Crippen LogP contribution in [0.3, 0.4) is 0 Å². The van der Waals surface area contributed by atoms with Crippen LogP contribution >= 0.6 is 34.8 Å². The van der Waals surface area contributed by atoms with Gasteiger partial charge in [-0.15, -0.1) is 0 Å². The van der Waals surface area contributed by atoms with E-state index < -0.39 is 10.0 Å². The zero-order valence-corrected chi connectivity index (χ0v) is 12.7. The molecule has 1 unspecified atom stereocenters. The molecule has 0 heterocycles. The molecule has 0 aliphatic rings. The van der Waals surface area contributed by atoms with Crippen molar-refractivity contribution in [3.8, 4) is 0 Å². The van der Waals surface area contributed by atoms with Crippen LogP contribution in [0.15, 0.2) is 17.0 Å². The standard InChI is InChI=1S/C10H13Cl3N2O2S/c1-2-7(5-14)15-18(16,17)10-8(12)3-6(11)4-9(10)13/h3-4,7,15H,2,5,14H2,1H3. The predicted molar refractivity (Wildman–Crippen MR) is 74.9 cm³/mol. The van der Waals surface area contributed by atoms with E-state index in [2.05, 4.69) is 4.72 Å². The van der Waals surface area contributed by atoms with Crippen LogP contribution in [0.25, 0.3) is 0 Å². The third-order valence-corrected chi connectivity index (χ3v) is 4.99. The molecule has 102 valence electrons. The van der Waals surface area contributed by atoms with Crippen molar-refractivity contribution in [3.05, 3.63) is 27.2 Å². The van der Waals surface area contributed by atoms with Crippen LogP contribution in [-0.2, 0) is 10.0 Å². The minimum atomic E-state index is -3.81. The number of benzene rings is 1. The second-order valence-electron chi connectivity index (χ2n) is 3.66. The molecule has 1 atom stereocenters. The first-order chi connectivity index (χ1) is 8.31. The van der Waals surface area contributed by atoms with Gasteiger partial charge in [0.05, 0.1) is 10.0 Å². The number of nitrogens with two attached hydrogens (primary N) is 1. The van der Waals surface area contributed by atoms with Crippen LogP contribution < -0.4 is 10.5 Å². The van der Waals surface area contributed by atoms with Crippen molar-refractivity contribution in [1.82, 2.24) is 4.72 Å². The van der Waals surface area contributed by atoms with Gasteiger partial charge in [0.25, 0.3) is 0 Å². The van der Waals surface area contributed by atoms with Gasteiger partial charge in [0.15, 0.2) is 0 Å². The average Bonchev–Trinajstić information content (AvgIpc) is 2.23. The molecule has 0 radical (unpaired) electrons. The Morgan fingerprint density at radius 3 is 2.17 bits per heavy atom. The lowest BCUT2D eigenvalue weighted by Gasteiger charge is -2.16. The first-order valence-electron chi connectivity index (χ1n) is 5.18. The molecule has 0 amide bonds. The first-order valence-corrected chi connectivity index (χ1v) is 7.80. The number of nitrogens with one attached hydrogen (secondary N) is 1. The molecule has 0 spiro atoms. The monoisotopic (exact) mass is 330 g/mol. The van der Waals surface area contributed by atoms with Crippen molar-refractivity contribution in [2.24, 2.45) is 5.73 Å². The fourth-order valence-electron chi connectivity index (χ4n) is 1.36. The Labute approximate surface area is 121 Å². The molecule has 1 rings (SSSR count). The van der Waals surface area contributed by atoms with E-state index in [0.29, 0.717) is 6.42 Å². The number of sulfonamides is 1. The first kappa shape index (κ1) is 16.0. The van der Waals surface area contributed by atoms with Crippen LogP contribution in [0.4, 0.5) is 0 Å². The second-order valence-corrected chi connectivity index (χ2v) is 6.56. The maximum Gasteiger partial charge on any atom is 0.243 e. The Bertz CT molecular complexity index is 507. The molecule has 1 aromatic rings. The van der Waals surface area contributed by atoms with Crippen LogP contribution in [0.2, 0.25) is 15.1 Å². The van der Waals surface area contributed by atoms with Gasteiger partial charge >= 0.3 is 0 Å². The molecular weight excluding hydrogens is 319 g/mol. The highest BCUT2D eigenvalue weighted by atomic mass is 35.5. The van der Waals surface area contributed by atoms with E-state index in [0.717, 1.165) is 0 Å². The Kier molecular flexibility index (Phi) is 5.70. The van der Waals surface area contributed by atoms with E-state index in [9.17, 15) is 8.42 Å². The largest absolute Gasteiger partial charge is 0.329 e. The van der Waals surface area contributed by atoms with E-state index in [1.54, 1.807) is 0 Å². The highest BCUT2D eigenvalue weighted by Gasteiger charge is 2.24. The quantitative estimate of drug-likeness (QED) is 0.871. The third-order valence-electron chi connectivity index (χ3n) is 2.33. The van der Waals surface area contributed by atoms with Crippen LogP contribution in [0, 0.1) is 0 Å². The summed E-state index contributed by atoms with van der Waals surface area (Å²) in [5.74, 6) is 0. The number of hydrogen-bond donors (Lipinski definition) is 2. The van der Waals surface area contributed by atoms with Crippen molar-refractivity contribution in [2.45, 2.75) is 24.3 Å². The Hall–Kier alpha value is -0.0400. The molecule has 0 saturated heterocycles. The lowest BCUT2D eigenvalue weighted by molar-refractivity contribution is 0.542. The summed E-state index contributed by atoms with van der Waals surface area (Å²) in [5.41, 5.74) is 5.45. The van der Waals surface area contributed by atoms with Gasteiger partial charge in [-0.05, 0) is 18.6 Å². The van der Waals surface area contributed by atoms with Crippen molar-refractivity contribution in [3.63, 3.8) is 0 Å². The number of rotatable bonds is 5. The van der Waals surface area contributed by atoms with Gasteiger partial charge in [0, 0.05) is 17.6 Å². The lowest BCUT2D eigenvalue weighted by atomic mass is 10.2. The molecule has 0 aromatic heterocycles. The number of halogens is 3. The van der Waals surface area contributed by atoms with Gasteiger partial charge < -0.3 is 5.73 Å². The summed E-state index contributed by atoms with van der Waals surface area (Å²) < 4.78 is 26.7. The van der Waals surface area contributed by atoms with Gasteiger partial charge in [-0.2, -0.15) is 0 Å². The normalized spacial score (nSPS) is 13.6. The highest BCUT2D eigenvalue weighted by molar-refractivity contribution is 7.89. The molecule has 8 heteroatoms. The predicted octanol–water partition coefficient (Wildman–Crippen LogP) is 2.66. The van der Waals surface area contributed by atoms with Crippen molar-refractivity contribution in [2.75, 3.05) is 6.54 Å². The molecule has 0 aliphatic heterocycles. The van der Waals surface area contributed by atoms with E-state index in [1.807, 2.05) is 6.92 Å². The lowest BCUT2D eigenvalue weighted by Crippen LogP contribution is -2.39. The Balaban J connectivity index is 3.21. The molecule has 0 aliphatic carbocycles. The SMILES string of the molecule is CCC(CN)NS(=O)(=O)c1c(Cl)cc(Cl)cc1Cl. The average molecular weight is 332 g/mol. The van der Waals surface area contributed by atoms with E-state index in [4.69, 9.17) is 40.5 Å². The molecule has 4 nitrogen and oxygen atoms in total. The van der Waals surface area contributed by atoms with Gasteiger partial charge in [-0.3, -0.25) is 0 Å². The van der Waals surface area contributed by atoms with Crippen LogP contribution in [-0.4, -0.2) is 21.0 Å². The summed E-state index contributed by atoms with van der Waals surface area (Å²) in [5, 5.41) is 0.230. The summed E-state index contributed by atoms with van der Waals surface area (Å²) in [6.07, 6.45) is 0.568. The maximum absolute atomic E-state index is 12.1. The molecule has 18 heavy (non-hydrogen) atoms. The summed E-state index contributed by atoms with van der Waals surface area (Å²) in [7, 11) is -3.81. The zero-order valence-electron chi connectivity index (χ0n) is 9.58. The van der Waals surface area contributed by atoms with Crippen molar-refractivity contribution < 1.29 is 8.42 Å². The van der Waals surface area contributed by atoms with Gasteiger partial charge in [-0.25, -0.2) is 13.1 Å². The number of hydrogen-bond acceptors (Lipinski definition) is 3. The second kappa shape index (κ2) is 6.41. The summed E-state index contributed by atoms with van der Waals surface area (Å²) in [6.45, 7) is 2.02.